The quantitative estimate of drug-likeness (QED) is 0.0885. The number of phenols is 1. The lowest BCUT2D eigenvalue weighted by atomic mass is 9.94. The van der Waals surface area contributed by atoms with Gasteiger partial charge in [0, 0.05) is 25.1 Å². The summed E-state index contributed by atoms with van der Waals surface area (Å²) >= 11 is 0. The lowest BCUT2D eigenvalue weighted by molar-refractivity contribution is -0.385. The predicted molar refractivity (Wildman–Crippen MR) is 192 cm³/mol. The van der Waals surface area contributed by atoms with Crippen molar-refractivity contribution in [2.75, 3.05) is 19.7 Å². The number of nitrogens with one attached hydrogen (secondary N) is 3. The van der Waals surface area contributed by atoms with Gasteiger partial charge in [0.1, 0.15) is 18.1 Å². The summed E-state index contributed by atoms with van der Waals surface area (Å²) in [5.41, 5.74) is 1.36. The topological polar surface area (TPSA) is 252 Å². The molecule has 292 valence electrons. The number of aryl methyl sites for hydroxylation is 2. The molecule has 2 aromatic rings. The van der Waals surface area contributed by atoms with Crippen LogP contribution in [0.5, 0.6) is 5.75 Å². The summed E-state index contributed by atoms with van der Waals surface area (Å²) in [6.07, 6.45) is -0.134. The first-order chi connectivity index (χ1) is 25.4. The fourth-order valence-electron chi connectivity index (χ4n) is 6.04. The van der Waals surface area contributed by atoms with Crippen molar-refractivity contribution in [2.24, 2.45) is 11.8 Å². The number of carboxylic acids is 1. The molecule has 0 saturated carbocycles. The van der Waals surface area contributed by atoms with Crippen LogP contribution in [0.4, 0.5) is 5.69 Å². The van der Waals surface area contributed by atoms with Gasteiger partial charge in [0.15, 0.2) is 18.1 Å². The van der Waals surface area contributed by atoms with Crippen LogP contribution in [0.1, 0.15) is 73.5 Å². The summed E-state index contributed by atoms with van der Waals surface area (Å²) in [6, 6.07) is 5.00. The highest BCUT2D eigenvalue weighted by Gasteiger charge is 2.33. The third-order valence-electron chi connectivity index (χ3n) is 9.02. The molecular weight excluding hydrogens is 706 g/mol. The molecule has 0 bridgehead atoms. The van der Waals surface area contributed by atoms with Crippen LogP contribution < -0.4 is 16.0 Å². The van der Waals surface area contributed by atoms with E-state index in [2.05, 4.69) is 16.0 Å². The average molecular weight is 754 g/mol. The molecule has 0 radical (unpaired) electrons. The molecule has 0 aromatic heterocycles. The van der Waals surface area contributed by atoms with Gasteiger partial charge in [-0.2, -0.15) is 0 Å². The van der Waals surface area contributed by atoms with Crippen molar-refractivity contribution in [3.63, 3.8) is 0 Å². The number of carbonyl (C=O) groups excluding carboxylic acids is 6. The highest BCUT2D eigenvalue weighted by Crippen LogP contribution is 2.27. The summed E-state index contributed by atoms with van der Waals surface area (Å²) < 4.78 is 5.14. The molecule has 17 nitrogen and oxygen atoms in total. The molecule has 0 aliphatic carbocycles. The number of rotatable bonds is 17. The van der Waals surface area contributed by atoms with E-state index in [0.717, 1.165) is 12.1 Å². The Morgan fingerprint density at radius 1 is 0.926 bits per heavy atom. The van der Waals surface area contributed by atoms with E-state index in [9.17, 15) is 53.9 Å². The summed E-state index contributed by atoms with van der Waals surface area (Å²) in [5, 5.41) is 37.7. The van der Waals surface area contributed by atoms with Crippen molar-refractivity contribution in [1.82, 2.24) is 20.9 Å². The molecule has 1 aliphatic heterocycles. The third-order valence-corrected chi connectivity index (χ3v) is 9.02. The lowest BCUT2D eigenvalue weighted by Gasteiger charge is -2.32. The number of piperidine rings is 1. The number of aromatic hydroxyl groups is 1. The molecule has 1 saturated heterocycles. The van der Waals surface area contributed by atoms with Gasteiger partial charge in [0.2, 0.25) is 23.6 Å². The number of ketones is 1. The lowest BCUT2D eigenvalue weighted by Crippen LogP contribution is -2.56. The molecule has 17 heteroatoms. The first-order valence-corrected chi connectivity index (χ1v) is 17.5. The van der Waals surface area contributed by atoms with Crippen LogP contribution in [0.15, 0.2) is 36.4 Å². The number of nitrogens with zero attached hydrogens (tertiary/aromatic N) is 2. The first-order valence-electron chi connectivity index (χ1n) is 17.5. The van der Waals surface area contributed by atoms with Crippen molar-refractivity contribution in [1.29, 1.82) is 0 Å². The number of aliphatic carboxylic acids is 1. The Balaban J connectivity index is 1.55. The number of hydrogen-bond acceptors (Lipinski definition) is 11. The maximum atomic E-state index is 13.3. The largest absolute Gasteiger partial charge is 0.502 e. The molecule has 0 spiro atoms. The summed E-state index contributed by atoms with van der Waals surface area (Å²) in [4.78, 5) is 102. The van der Waals surface area contributed by atoms with Gasteiger partial charge in [-0.3, -0.25) is 38.9 Å². The number of nitro benzene ring substituents is 1. The molecule has 2 aromatic carbocycles. The Morgan fingerprint density at radius 2 is 1.56 bits per heavy atom. The van der Waals surface area contributed by atoms with E-state index >= 15 is 0 Å². The SMILES string of the molecule is Cc1cccc(C)c1C(=O)OCC(=O)C(CC(=O)O)NC(=O)C(C)NC(=O)C(CC(C)C)NC(=O)C1CCN(C(=O)Cc2ccc(O)c([N+](=O)[O-])c2)CC1. The number of benzene rings is 2. The van der Waals surface area contributed by atoms with E-state index in [4.69, 9.17) is 4.74 Å². The van der Waals surface area contributed by atoms with Gasteiger partial charge in [-0.15, -0.1) is 0 Å². The molecule has 4 amide bonds. The zero-order valence-corrected chi connectivity index (χ0v) is 30.9. The second-order valence-corrected chi connectivity index (χ2v) is 13.8. The van der Waals surface area contributed by atoms with Gasteiger partial charge in [0.05, 0.1) is 23.3 Å². The molecule has 3 rings (SSSR count). The van der Waals surface area contributed by atoms with E-state index in [-0.39, 0.29) is 43.3 Å². The minimum absolute atomic E-state index is 0.0517. The molecular formula is C37H47N5O12. The second kappa shape index (κ2) is 19.3. The van der Waals surface area contributed by atoms with Crippen molar-refractivity contribution in [2.45, 2.75) is 84.8 Å². The van der Waals surface area contributed by atoms with Gasteiger partial charge in [-0.1, -0.05) is 38.1 Å². The summed E-state index contributed by atoms with van der Waals surface area (Å²) in [6.45, 7) is 8.06. The third kappa shape index (κ3) is 12.1. The maximum Gasteiger partial charge on any atom is 0.339 e. The summed E-state index contributed by atoms with van der Waals surface area (Å²) in [7, 11) is 0. The van der Waals surface area contributed by atoms with Crippen LogP contribution in [0.3, 0.4) is 0 Å². The van der Waals surface area contributed by atoms with Crippen LogP contribution in [0.25, 0.3) is 0 Å². The van der Waals surface area contributed by atoms with Crippen LogP contribution in [-0.2, 0) is 39.9 Å². The highest BCUT2D eigenvalue weighted by atomic mass is 16.6. The van der Waals surface area contributed by atoms with E-state index in [1.54, 1.807) is 36.9 Å². The highest BCUT2D eigenvalue weighted by molar-refractivity contribution is 5.98. The van der Waals surface area contributed by atoms with Crippen LogP contribution in [0.2, 0.25) is 0 Å². The Hall–Kier alpha value is -5.87. The number of carbonyl (C=O) groups is 7. The Bertz CT molecular complexity index is 1750. The van der Waals surface area contributed by atoms with Gasteiger partial charge >= 0.3 is 17.6 Å². The fourth-order valence-corrected chi connectivity index (χ4v) is 6.04. The maximum absolute atomic E-state index is 13.3. The van der Waals surface area contributed by atoms with E-state index in [1.165, 1.54) is 13.0 Å². The number of esters is 1. The number of hydrogen-bond donors (Lipinski definition) is 5. The zero-order chi connectivity index (χ0) is 40.3. The predicted octanol–water partition coefficient (Wildman–Crippen LogP) is 2.12. The molecule has 5 N–H and O–H groups in total. The van der Waals surface area contributed by atoms with Crippen LogP contribution in [-0.4, -0.2) is 99.2 Å². The monoisotopic (exact) mass is 753 g/mol. The minimum atomic E-state index is -1.57. The van der Waals surface area contributed by atoms with Crippen molar-refractivity contribution >= 4 is 47.0 Å². The Kier molecular flexibility index (Phi) is 15.2. The number of carboxylic acid groups (broad SMARTS) is 1. The Labute approximate surface area is 312 Å². The van der Waals surface area contributed by atoms with Crippen molar-refractivity contribution in [3.8, 4) is 5.75 Å². The number of Topliss-reactive ketones (excluding diaryl/α,β-unsaturated/α-hetero) is 1. The Morgan fingerprint density at radius 3 is 2.13 bits per heavy atom. The van der Waals surface area contributed by atoms with Crippen LogP contribution in [0, 0.1) is 35.8 Å². The molecule has 1 aliphatic rings. The van der Waals surface area contributed by atoms with Crippen molar-refractivity contribution < 1.29 is 53.4 Å². The van der Waals surface area contributed by atoms with Crippen LogP contribution >= 0.6 is 0 Å². The molecule has 1 heterocycles. The fraction of sp³-hybridized carbons (Fsp3) is 0.486. The van der Waals surface area contributed by atoms with E-state index < -0.39 is 88.9 Å². The number of phenolic OH excluding ortho intramolecular Hbond substituents is 1. The number of amides is 4. The van der Waals surface area contributed by atoms with E-state index in [1.807, 2.05) is 13.8 Å². The zero-order valence-electron chi connectivity index (χ0n) is 30.9. The molecule has 3 unspecified atom stereocenters. The minimum Gasteiger partial charge on any atom is -0.502 e. The number of nitro groups is 1. The standard InChI is InChI=1S/C37H47N5O12/c1-20(2)15-27(40-35(49)25-11-13-41(14-12-25)31(45)17-24-9-10-29(43)28(16-24)42(52)53)36(50)38-23(5)34(48)39-26(18-32(46)47)30(44)19-54-37(51)33-21(3)7-6-8-22(33)4/h6-10,16,20,23,25-27,43H,11-15,17-19H2,1-5H3,(H,38,50)(H,39,48)(H,40,49)(H,46,47). The number of likely N-dealkylation sites (tertiary alicyclic amines) is 1. The van der Waals surface area contributed by atoms with Crippen molar-refractivity contribution in [3.05, 3.63) is 68.8 Å². The molecule has 3 atom stereocenters. The average Bonchev–Trinajstić information content (AvgIpc) is 3.10. The first kappa shape index (κ1) is 42.5. The smallest absolute Gasteiger partial charge is 0.339 e. The van der Waals surface area contributed by atoms with Gasteiger partial charge in [0.25, 0.3) is 0 Å². The molecule has 54 heavy (non-hydrogen) atoms. The normalized spacial score (nSPS) is 14.7. The summed E-state index contributed by atoms with van der Waals surface area (Å²) in [5.74, 6) is -6.42. The number of ether oxygens (including phenoxy) is 1. The van der Waals surface area contributed by atoms with Gasteiger partial charge < -0.3 is 35.8 Å². The second-order valence-electron chi connectivity index (χ2n) is 13.8. The van der Waals surface area contributed by atoms with E-state index in [0.29, 0.717) is 29.5 Å². The van der Waals surface area contributed by atoms with Gasteiger partial charge in [-0.25, -0.2) is 4.79 Å². The van der Waals surface area contributed by atoms with Gasteiger partial charge in [-0.05, 0) is 68.7 Å². The molecule has 1 fully saturated rings.